The Hall–Kier alpha value is -2.69. The van der Waals surface area contributed by atoms with Crippen LogP contribution < -0.4 is 10.4 Å². The standard InChI is InChI=1S/C14H12N2O3/c17-13(16-10-5-2-1-3-6-10)9-12-11(14(18)19)7-4-8-15-12/h1-8H,9H2,(H,16,17)(H,18,19)/p-1. The average molecular weight is 255 g/mol. The quantitative estimate of drug-likeness (QED) is 0.868. The first-order valence-electron chi connectivity index (χ1n) is 5.67. The highest BCUT2D eigenvalue weighted by Crippen LogP contribution is 2.08. The molecule has 1 N–H and O–H groups in total. The van der Waals surface area contributed by atoms with E-state index in [0.717, 1.165) is 0 Å². The Morgan fingerprint density at radius 3 is 2.53 bits per heavy atom. The van der Waals surface area contributed by atoms with Crippen LogP contribution in [0.2, 0.25) is 0 Å². The number of aromatic nitrogens is 1. The number of hydrogen-bond acceptors (Lipinski definition) is 4. The summed E-state index contributed by atoms with van der Waals surface area (Å²) < 4.78 is 0. The minimum absolute atomic E-state index is 0.0642. The molecule has 0 aliphatic carbocycles. The lowest BCUT2D eigenvalue weighted by molar-refractivity contribution is -0.255. The highest BCUT2D eigenvalue weighted by atomic mass is 16.4. The summed E-state index contributed by atoms with van der Waals surface area (Å²) in [5.74, 6) is -1.66. The Morgan fingerprint density at radius 1 is 1.11 bits per heavy atom. The lowest BCUT2D eigenvalue weighted by atomic mass is 10.1. The van der Waals surface area contributed by atoms with Crippen molar-refractivity contribution in [3.63, 3.8) is 0 Å². The summed E-state index contributed by atoms with van der Waals surface area (Å²) in [6.07, 6.45) is 1.33. The molecule has 0 fully saturated rings. The normalized spacial score (nSPS) is 9.89. The van der Waals surface area contributed by atoms with Crippen LogP contribution in [-0.2, 0) is 11.2 Å². The van der Waals surface area contributed by atoms with Crippen molar-refractivity contribution >= 4 is 17.6 Å². The first-order chi connectivity index (χ1) is 9.16. The molecule has 0 saturated carbocycles. The molecule has 0 unspecified atom stereocenters. The Balaban J connectivity index is 2.09. The molecule has 0 saturated heterocycles. The van der Waals surface area contributed by atoms with Gasteiger partial charge in [-0.15, -0.1) is 0 Å². The van der Waals surface area contributed by atoms with Gasteiger partial charge in [0.05, 0.1) is 18.1 Å². The van der Waals surface area contributed by atoms with Gasteiger partial charge in [-0.1, -0.05) is 18.2 Å². The Bertz CT molecular complexity index is 597. The molecule has 0 radical (unpaired) electrons. The van der Waals surface area contributed by atoms with Crippen molar-refractivity contribution in [2.45, 2.75) is 6.42 Å². The Labute approximate surface area is 109 Å². The number of aromatic carboxylic acids is 1. The van der Waals surface area contributed by atoms with Crippen molar-refractivity contribution in [2.75, 3.05) is 5.32 Å². The van der Waals surface area contributed by atoms with Gasteiger partial charge in [0, 0.05) is 17.4 Å². The lowest BCUT2D eigenvalue weighted by Crippen LogP contribution is -2.26. The predicted octanol–water partition coefficient (Wildman–Crippen LogP) is 0.626. The van der Waals surface area contributed by atoms with Gasteiger partial charge in [0.1, 0.15) is 0 Å². The number of nitrogens with zero attached hydrogens (tertiary/aromatic N) is 1. The summed E-state index contributed by atoms with van der Waals surface area (Å²) >= 11 is 0. The van der Waals surface area contributed by atoms with Gasteiger partial charge in [0.2, 0.25) is 5.91 Å². The predicted molar refractivity (Wildman–Crippen MR) is 67.3 cm³/mol. The van der Waals surface area contributed by atoms with E-state index in [-0.39, 0.29) is 23.6 Å². The molecular formula is C14H11N2O3-. The number of nitrogens with one attached hydrogen (secondary N) is 1. The number of pyridine rings is 1. The summed E-state index contributed by atoms with van der Waals surface area (Å²) in [6, 6.07) is 11.8. The molecule has 0 aliphatic heterocycles. The maximum atomic E-state index is 11.8. The van der Waals surface area contributed by atoms with Gasteiger partial charge in [0.25, 0.3) is 0 Å². The number of rotatable bonds is 4. The zero-order valence-corrected chi connectivity index (χ0v) is 10.00. The second kappa shape index (κ2) is 5.77. The largest absolute Gasteiger partial charge is 0.545 e. The fourth-order valence-corrected chi connectivity index (χ4v) is 1.64. The van der Waals surface area contributed by atoms with Crippen molar-refractivity contribution in [2.24, 2.45) is 0 Å². The van der Waals surface area contributed by atoms with E-state index in [0.29, 0.717) is 5.69 Å². The van der Waals surface area contributed by atoms with E-state index < -0.39 is 5.97 Å². The second-order valence-electron chi connectivity index (χ2n) is 3.88. The third-order valence-corrected chi connectivity index (χ3v) is 2.50. The molecule has 5 nitrogen and oxygen atoms in total. The van der Waals surface area contributed by atoms with Crippen molar-refractivity contribution in [3.05, 3.63) is 59.9 Å². The first-order valence-corrected chi connectivity index (χ1v) is 5.67. The monoisotopic (exact) mass is 255 g/mol. The van der Waals surface area contributed by atoms with E-state index in [2.05, 4.69) is 10.3 Å². The highest BCUT2D eigenvalue weighted by Gasteiger charge is 2.09. The summed E-state index contributed by atoms with van der Waals surface area (Å²) in [4.78, 5) is 26.6. The number of benzene rings is 1. The Kier molecular flexibility index (Phi) is 3.87. The SMILES string of the molecule is O=C(Cc1ncccc1C(=O)[O-])Nc1ccccc1. The molecule has 5 heteroatoms. The van der Waals surface area contributed by atoms with Gasteiger partial charge in [-0.05, 0) is 24.3 Å². The number of carbonyl (C=O) groups excluding carboxylic acids is 2. The van der Waals surface area contributed by atoms with E-state index >= 15 is 0 Å². The molecule has 0 bridgehead atoms. The van der Waals surface area contributed by atoms with Gasteiger partial charge in [-0.3, -0.25) is 9.78 Å². The van der Waals surface area contributed by atoms with Crippen LogP contribution in [0, 0.1) is 0 Å². The summed E-state index contributed by atoms with van der Waals surface area (Å²) in [5, 5.41) is 13.5. The Morgan fingerprint density at radius 2 is 1.84 bits per heavy atom. The van der Waals surface area contributed by atoms with Gasteiger partial charge in [-0.2, -0.15) is 0 Å². The van der Waals surface area contributed by atoms with Crippen molar-refractivity contribution < 1.29 is 14.7 Å². The summed E-state index contributed by atoms with van der Waals surface area (Å²) in [6.45, 7) is 0. The van der Waals surface area contributed by atoms with Gasteiger partial charge in [0.15, 0.2) is 0 Å². The van der Waals surface area contributed by atoms with Crippen LogP contribution in [0.15, 0.2) is 48.7 Å². The minimum atomic E-state index is -1.34. The fourth-order valence-electron chi connectivity index (χ4n) is 1.64. The van der Waals surface area contributed by atoms with Crippen LogP contribution in [0.4, 0.5) is 5.69 Å². The zero-order chi connectivity index (χ0) is 13.7. The maximum absolute atomic E-state index is 11.8. The number of para-hydroxylation sites is 1. The number of anilines is 1. The van der Waals surface area contributed by atoms with Crippen LogP contribution in [0.25, 0.3) is 0 Å². The van der Waals surface area contributed by atoms with Gasteiger partial charge >= 0.3 is 0 Å². The maximum Gasteiger partial charge on any atom is 0.230 e. The third-order valence-electron chi connectivity index (χ3n) is 2.50. The van der Waals surface area contributed by atoms with E-state index in [1.807, 2.05) is 6.07 Å². The summed E-state index contributed by atoms with van der Waals surface area (Å²) in [7, 11) is 0. The van der Waals surface area contributed by atoms with Crippen LogP contribution >= 0.6 is 0 Å². The molecule has 0 atom stereocenters. The highest BCUT2D eigenvalue weighted by molar-refractivity contribution is 5.94. The fraction of sp³-hybridized carbons (Fsp3) is 0.0714. The van der Waals surface area contributed by atoms with Gasteiger partial charge in [-0.25, -0.2) is 0 Å². The van der Waals surface area contributed by atoms with Crippen LogP contribution in [0.3, 0.4) is 0 Å². The number of amides is 1. The number of carboxylic acid groups (broad SMARTS) is 1. The molecule has 19 heavy (non-hydrogen) atoms. The lowest BCUT2D eigenvalue weighted by Gasteiger charge is -2.09. The third kappa shape index (κ3) is 3.38. The topological polar surface area (TPSA) is 82.1 Å². The molecule has 2 aromatic rings. The smallest absolute Gasteiger partial charge is 0.230 e. The molecule has 0 aliphatic rings. The first kappa shape index (κ1) is 12.8. The van der Waals surface area contributed by atoms with E-state index in [1.54, 1.807) is 24.3 Å². The van der Waals surface area contributed by atoms with Crippen molar-refractivity contribution in [3.8, 4) is 0 Å². The van der Waals surface area contributed by atoms with E-state index in [9.17, 15) is 14.7 Å². The molecule has 1 heterocycles. The van der Waals surface area contributed by atoms with Crippen LogP contribution in [0.5, 0.6) is 0 Å². The van der Waals surface area contributed by atoms with E-state index in [1.165, 1.54) is 18.3 Å². The molecule has 0 spiro atoms. The molecular weight excluding hydrogens is 244 g/mol. The van der Waals surface area contributed by atoms with Crippen LogP contribution in [0.1, 0.15) is 16.1 Å². The minimum Gasteiger partial charge on any atom is -0.545 e. The van der Waals surface area contributed by atoms with Gasteiger partial charge < -0.3 is 15.2 Å². The van der Waals surface area contributed by atoms with Crippen molar-refractivity contribution in [1.29, 1.82) is 0 Å². The van der Waals surface area contributed by atoms with Crippen molar-refractivity contribution in [1.82, 2.24) is 4.98 Å². The summed E-state index contributed by atoms with van der Waals surface area (Å²) in [5.41, 5.74) is 0.778. The van der Waals surface area contributed by atoms with E-state index in [4.69, 9.17) is 0 Å². The zero-order valence-electron chi connectivity index (χ0n) is 10.00. The van der Waals surface area contributed by atoms with Crippen LogP contribution in [-0.4, -0.2) is 16.9 Å². The molecule has 1 aromatic heterocycles. The molecule has 2 rings (SSSR count). The molecule has 1 aromatic carbocycles. The number of hydrogen-bond donors (Lipinski definition) is 1. The molecule has 96 valence electrons. The number of carbonyl (C=O) groups is 2. The average Bonchev–Trinajstić information content (AvgIpc) is 2.40. The number of carboxylic acids is 1. The second-order valence-corrected chi connectivity index (χ2v) is 3.88. The molecule has 1 amide bonds.